The van der Waals surface area contributed by atoms with Crippen LogP contribution in [0.2, 0.25) is 0 Å². The van der Waals surface area contributed by atoms with Gasteiger partial charge in [0.15, 0.2) is 0 Å². The minimum atomic E-state index is -0.355. The number of benzene rings is 2. The van der Waals surface area contributed by atoms with Crippen LogP contribution in [0.1, 0.15) is 63.8 Å². The molecule has 0 fully saturated rings. The first-order chi connectivity index (χ1) is 13.6. The molecular formula is C25H31NO3. The molecule has 3 rings (SSSR count). The van der Waals surface area contributed by atoms with Gasteiger partial charge in [-0.3, -0.25) is 4.79 Å². The normalized spacial score (nSPS) is 18.1. The summed E-state index contributed by atoms with van der Waals surface area (Å²) >= 11 is 0. The summed E-state index contributed by atoms with van der Waals surface area (Å²) in [6, 6.07) is 13.9. The largest absolute Gasteiger partial charge is 0.497 e. The summed E-state index contributed by atoms with van der Waals surface area (Å²) in [5, 5.41) is 3.13. The maximum absolute atomic E-state index is 12.6. The fraction of sp³-hybridized carbons (Fsp3) is 0.400. The molecule has 1 aliphatic heterocycles. The van der Waals surface area contributed by atoms with Gasteiger partial charge in [0.2, 0.25) is 5.91 Å². The SMILES string of the molecule is COc1ccc2c(c1)C(NC(=O)/C=C/c1ccc(C(C)(C)C)cc1)CC(C)(C)O2. The first-order valence-electron chi connectivity index (χ1n) is 10.0. The van der Waals surface area contributed by atoms with Crippen molar-refractivity contribution >= 4 is 12.0 Å². The quantitative estimate of drug-likeness (QED) is 0.705. The van der Waals surface area contributed by atoms with E-state index in [0.717, 1.165) is 22.6 Å². The zero-order valence-corrected chi connectivity index (χ0v) is 18.2. The lowest BCUT2D eigenvalue weighted by molar-refractivity contribution is -0.117. The molecule has 0 aromatic heterocycles. The topological polar surface area (TPSA) is 47.6 Å². The summed E-state index contributed by atoms with van der Waals surface area (Å²) in [5.74, 6) is 1.41. The number of carbonyl (C=O) groups excluding carboxylic acids is 1. The first-order valence-corrected chi connectivity index (χ1v) is 10.0. The van der Waals surface area contributed by atoms with Crippen LogP contribution in [-0.2, 0) is 10.2 Å². The Bertz CT molecular complexity index is 905. The molecule has 1 N–H and O–H groups in total. The second kappa shape index (κ2) is 7.94. The van der Waals surface area contributed by atoms with Crippen molar-refractivity contribution in [3.8, 4) is 11.5 Å². The Kier molecular flexibility index (Phi) is 5.74. The van der Waals surface area contributed by atoms with Crippen LogP contribution in [0.3, 0.4) is 0 Å². The number of amides is 1. The third kappa shape index (κ3) is 5.20. The van der Waals surface area contributed by atoms with E-state index in [1.807, 2.05) is 50.3 Å². The molecular weight excluding hydrogens is 362 g/mol. The Labute approximate surface area is 173 Å². The van der Waals surface area contributed by atoms with Crippen LogP contribution in [-0.4, -0.2) is 18.6 Å². The minimum absolute atomic E-state index is 0.115. The third-order valence-corrected chi connectivity index (χ3v) is 5.19. The van der Waals surface area contributed by atoms with E-state index < -0.39 is 0 Å². The molecule has 0 bridgehead atoms. The minimum Gasteiger partial charge on any atom is -0.497 e. The molecule has 29 heavy (non-hydrogen) atoms. The van der Waals surface area contributed by atoms with Crippen LogP contribution < -0.4 is 14.8 Å². The lowest BCUT2D eigenvalue weighted by Gasteiger charge is -2.37. The molecule has 0 saturated carbocycles. The van der Waals surface area contributed by atoms with Crippen molar-refractivity contribution in [2.24, 2.45) is 0 Å². The van der Waals surface area contributed by atoms with Gasteiger partial charge in [0.1, 0.15) is 17.1 Å². The zero-order valence-electron chi connectivity index (χ0n) is 18.2. The molecule has 1 heterocycles. The Morgan fingerprint density at radius 1 is 1.17 bits per heavy atom. The summed E-state index contributed by atoms with van der Waals surface area (Å²) in [6.45, 7) is 10.6. The molecule has 0 spiro atoms. The Morgan fingerprint density at radius 3 is 2.48 bits per heavy atom. The van der Waals surface area contributed by atoms with Crippen molar-refractivity contribution in [3.05, 3.63) is 65.2 Å². The molecule has 4 nitrogen and oxygen atoms in total. The maximum Gasteiger partial charge on any atom is 0.244 e. The Morgan fingerprint density at radius 2 is 1.86 bits per heavy atom. The van der Waals surface area contributed by atoms with E-state index >= 15 is 0 Å². The monoisotopic (exact) mass is 393 g/mol. The lowest BCUT2D eigenvalue weighted by atomic mass is 9.87. The standard InChI is InChI=1S/C25H31NO3/c1-24(2,3)18-10-7-17(8-11-18)9-14-23(27)26-21-16-25(4,5)29-22-13-12-19(28-6)15-20(21)22/h7-15,21H,16H2,1-6H3,(H,26,27)/b14-9+. The fourth-order valence-corrected chi connectivity index (χ4v) is 3.57. The molecule has 0 radical (unpaired) electrons. The molecule has 1 amide bonds. The summed E-state index contributed by atoms with van der Waals surface area (Å²) in [4.78, 5) is 12.6. The van der Waals surface area contributed by atoms with Crippen LogP contribution in [0.25, 0.3) is 6.08 Å². The number of rotatable bonds is 4. The van der Waals surface area contributed by atoms with Crippen LogP contribution in [0.15, 0.2) is 48.5 Å². The van der Waals surface area contributed by atoms with E-state index in [2.05, 4.69) is 38.2 Å². The molecule has 0 aliphatic carbocycles. The second-order valence-electron chi connectivity index (χ2n) is 9.24. The highest BCUT2D eigenvalue weighted by Crippen LogP contribution is 2.41. The molecule has 1 aliphatic rings. The predicted octanol–water partition coefficient (Wildman–Crippen LogP) is 5.42. The highest BCUT2D eigenvalue weighted by Gasteiger charge is 2.34. The highest BCUT2D eigenvalue weighted by atomic mass is 16.5. The highest BCUT2D eigenvalue weighted by molar-refractivity contribution is 5.92. The summed E-state index contributed by atoms with van der Waals surface area (Å²) in [5.41, 5.74) is 2.98. The van der Waals surface area contributed by atoms with Crippen molar-refractivity contribution in [1.29, 1.82) is 0 Å². The van der Waals surface area contributed by atoms with Crippen LogP contribution in [0.4, 0.5) is 0 Å². The van der Waals surface area contributed by atoms with E-state index in [4.69, 9.17) is 9.47 Å². The smallest absolute Gasteiger partial charge is 0.244 e. The van der Waals surface area contributed by atoms with Crippen molar-refractivity contribution in [3.63, 3.8) is 0 Å². The van der Waals surface area contributed by atoms with Crippen molar-refractivity contribution in [2.75, 3.05) is 7.11 Å². The van der Waals surface area contributed by atoms with Gasteiger partial charge in [0.05, 0.1) is 13.2 Å². The molecule has 1 atom stereocenters. The molecule has 2 aromatic rings. The number of nitrogens with one attached hydrogen (secondary N) is 1. The van der Waals surface area contributed by atoms with Gasteiger partial charge in [-0.25, -0.2) is 0 Å². The zero-order chi connectivity index (χ0) is 21.2. The summed E-state index contributed by atoms with van der Waals surface area (Å²) < 4.78 is 11.4. The van der Waals surface area contributed by atoms with E-state index in [1.165, 1.54) is 5.56 Å². The molecule has 1 unspecified atom stereocenters. The average molecular weight is 394 g/mol. The van der Waals surface area contributed by atoms with E-state index in [0.29, 0.717) is 6.42 Å². The Balaban J connectivity index is 1.74. The van der Waals surface area contributed by atoms with Crippen LogP contribution in [0, 0.1) is 0 Å². The number of methoxy groups -OCH3 is 1. The first kappa shape index (κ1) is 21.0. The average Bonchev–Trinajstić information content (AvgIpc) is 2.65. The van der Waals surface area contributed by atoms with Crippen molar-refractivity contribution in [1.82, 2.24) is 5.32 Å². The Hall–Kier alpha value is -2.75. The van der Waals surface area contributed by atoms with Gasteiger partial charge in [-0.2, -0.15) is 0 Å². The van der Waals surface area contributed by atoms with Gasteiger partial charge in [0.25, 0.3) is 0 Å². The van der Waals surface area contributed by atoms with E-state index in [9.17, 15) is 4.79 Å². The van der Waals surface area contributed by atoms with Crippen molar-refractivity contribution < 1.29 is 14.3 Å². The van der Waals surface area contributed by atoms with Gasteiger partial charge in [-0.1, -0.05) is 45.0 Å². The second-order valence-corrected chi connectivity index (χ2v) is 9.24. The molecule has 2 aromatic carbocycles. The number of hydrogen-bond donors (Lipinski definition) is 1. The maximum atomic E-state index is 12.6. The van der Waals surface area contributed by atoms with E-state index in [-0.39, 0.29) is 23.0 Å². The number of ether oxygens (including phenoxy) is 2. The number of fused-ring (bicyclic) bond motifs is 1. The van der Waals surface area contributed by atoms with E-state index in [1.54, 1.807) is 13.2 Å². The summed E-state index contributed by atoms with van der Waals surface area (Å²) in [6.07, 6.45) is 4.13. The van der Waals surface area contributed by atoms with Crippen molar-refractivity contribution in [2.45, 2.75) is 58.1 Å². The van der Waals surface area contributed by atoms with Gasteiger partial charge >= 0.3 is 0 Å². The fourth-order valence-electron chi connectivity index (χ4n) is 3.57. The van der Waals surface area contributed by atoms with Gasteiger partial charge in [0, 0.05) is 18.1 Å². The number of hydrogen-bond acceptors (Lipinski definition) is 3. The molecule has 0 saturated heterocycles. The summed E-state index contributed by atoms with van der Waals surface area (Å²) in [7, 11) is 1.64. The number of carbonyl (C=O) groups is 1. The third-order valence-electron chi connectivity index (χ3n) is 5.19. The molecule has 4 heteroatoms. The van der Waals surface area contributed by atoms with Gasteiger partial charge in [-0.05, 0) is 54.7 Å². The predicted molar refractivity (Wildman–Crippen MR) is 117 cm³/mol. The molecule has 154 valence electrons. The van der Waals surface area contributed by atoms with Gasteiger partial charge in [-0.15, -0.1) is 0 Å². The van der Waals surface area contributed by atoms with Crippen LogP contribution in [0.5, 0.6) is 11.5 Å². The van der Waals surface area contributed by atoms with Crippen LogP contribution >= 0.6 is 0 Å². The lowest BCUT2D eigenvalue weighted by Crippen LogP contribution is -2.40. The van der Waals surface area contributed by atoms with Gasteiger partial charge < -0.3 is 14.8 Å².